The fourth-order valence-electron chi connectivity index (χ4n) is 2.15. The van der Waals surface area contributed by atoms with Crippen molar-refractivity contribution in [3.63, 3.8) is 0 Å². The lowest BCUT2D eigenvalue weighted by molar-refractivity contribution is -0.121. The predicted molar refractivity (Wildman–Crippen MR) is 90.4 cm³/mol. The number of imide groups is 1. The SMILES string of the molecule is CC(C)CCNC(=O)NC(=O)COc1cccc2ccccc12. The van der Waals surface area contributed by atoms with Crippen molar-refractivity contribution in [3.8, 4) is 5.75 Å². The molecule has 5 heteroatoms. The zero-order valence-corrected chi connectivity index (χ0v) is 13.5. The van der Waals surface area contributed by atoms with Gasteiger partial charge in [-0.25, -0.2) is 4.79 Å². The third-order valence-corrected chi connectivity index (χ3v) is 3.37. The number of carbonyl (C=O) groups excluding carboxylic acids is 2. The summed E-state index contributed by atoms with van der Waals surface area (Å²) in [6, 6.07) is 12.9. The van der Waals surface area contributed by atoms with Gasteiger partial charge in [0.05, 0.1) is 0 Å². The first-order chi connectivity index (χ1) is 11.1. The summed E-state index contributed by atoms with van der Waals surface area (Å²) in [4.78, 5) is 23.3. The molecule has 5 nitrogen and oxygen atoms in total. The van der Waals surface area contributed by atoms with E-state index < -0.39 is 11.9 Å². The summed E-state index contributed by atoms with van der Waals surface area (Å²) in [6.45, 7) is 4.48. The summed E-state index contributed by atoms with van der Waals surface area (Å²) in [7, 11) is 0. The molecule has 0 aliphatic rings. The molecule has 0 bridgehead atoms. The Morgan fingerprint density at radius 2 is 1.83 bits per heavy atom. The maximum absolute atomic E-state index is 11.8. The summed E-state index contributed by atoms with van der Waals surface area (Å²) in [5.41, 5.74) is 0. The van der Waals surface area contributed by atoms with Crippen molar-refractivity contribution in [1.82, 2.24) is 10.6 Å². The molecule has 0 saturated carbocycles. The maximum atomic E-state index is 11.8. The molecule has 0 aromatic heterocycles. The monoisotopic (exact) mass is 314 g/mol. The highest BCUT2D eigenvalue weighted by Crippen LogP contribution is 2.24. The first-order valence-electron chi connectivity index (χ1n) is 7.74. The highest BCUT2D eigenvalue weighted by molar-refractivity contribution is 5.95. The Hall–Kier alpha value is -2.56. The number of hydrogen-bond acceptors (Lipinski definition) is 3. The summed E-state index contributed by atoms with van der Waals surface area (Å²) in [5, 5.41) is 6.88. The first-order valence-corrected chi connectivity index (χ1v) is 7.74. The summed E-state index contributed by atoms with van der Waals surface area (Å²) in [5.74, 6) is 0.652. The summed E-state index contributed by atoms with van der Waals surface area (Å²) >= 11 is 0. The molecule has 0 atom stereocenters. The van der Waals surface area contributed by atoms with Gasteiger partial charge in [-0.1, -0.05) is 50.2 Å². The highest BCUT2D eigenvalue weighted by Gasteiger charge is 2.09. The molecule has 2 N–H and O–H groups in total. The molecular weight excluding hydrogens is 292 g/mol. The molecule has 0 aliphatic heterocycles. The van der Waals surface area contributed by atoms with Crippen molar-refractivity contribution in [1.29, 1.82) is 0 Å². The number of rotatable bonds is 6. The van der Waals surface area contributed by atoms with Gasteiger partial charge in [-0.2, -0.15) is 0 Å². The Labute approximate surface area is 136 Å². The molecule has 0 spiro atoms. The second-order valence-corrected chi connectivity index (χ2v) is 5.75. The van der Waals surface area contributed by atoms with Gasteiger partial charge in [0.15, 0.2) is 6.61 Å². The predicted octanol–water partition coefficient (Wildman–Crippen LogP) is 3.09. The molecule has 0 unspecified atom stereocenters. The minimum Gasteiger partial charge on any atom is -0.483 e. The molecule has 23 heavy (non-hydrogen) atoms. The molecule has 3 amide bonds. The standard InChI is InChI=1S/C18H22N2O3/c1-13(2)10-11-19-18(22)20-17(21)12-23-16-9-5-7-14-6-3-4-8-15(14)16/h3-9,13H,10-12H2,1-2H3,(H2,19,20,21,22). The van der Waals surface area contributed by atoms with Crippen molar-refractivity contribution in [2.75, 3.05) is 13.2 Å². The fraction of sp³-hybridized carbons (Fsp3) is 0.333. The normalized spacial score (nSPS) is 10.6. The summed E-state index contributed by atoms with van der Waals surface area (Å²) < 4.78 is 5.53. The number of hydrogen-bond donors (Lipinski definition) is 2. The van der Waals surface area contributed by atoms with E-state index in [0.29, 0.717) is 18.2 Å². The zero-order chi connectivity index (χ0) is 16.7. The molecule has 2 aromatic rings. The van der Waals surface area contributed by atoms with Crippen LogP contribution in [0, 0.1) is 5.92 Å². The molecule has 0 radical (unpaired) electrons. The number of amides is 3. The van der Waals surface area contributed by atoms with Crippen LogP contribution >= 0.6 is 0 Å². The molecule has 0 fully saturated rings. The van der Waals surface area contributed by atoms with Crippen LogP contribution in [-0.2, 0) is 4.79 Å². The molecule has 0 saturated heterocycles. The van der Waals surface area contributed by atoms with E-state index in [1.54, 1.807) is 6.07 Å². The van der Waals surface area contributed by atoms with Crippen molar-refractivity contribution >= 4 is 22.7 Å². The number of carbonyl (C=O) groups is 2. The van der Waals surface area contributed by atoms with Crippen LogP contribution in [0.25, 0.3) is 10.8 Å². The van der Waals surface area contributed by atoms with E-state index in [2.05, 4.69) is 24.5 Å². The molecule has 0 aliphatic carbocycles. The Morgan fingerprint density at radius 1 is 1.09 bits per heavy atom. The van der Waals surface area contributed by atoms with Gasteiger partial charge in [-0.3, -0.25) is 10.1 Å². The third-order valence-electron chi connectivity index (χ3n) is 3.37. The number of fused-ring (bicyclic) bond motifs is 1. The smallest absolute Gasteiger partial charge is 0.321 e. The molecule has 0 heterocycles. The Morgan fingerprint density at radius 3 is 2.61 bits per heavy atom. The van der Waals surface area contributed by atoms with Crippen LogP contribution in [0.2, 0.25) is 0 Å². The Balaban J connectivity index is 1.83. The van der Waals surface area contributed by atoms with E-state index in [-0.39, 0.29) is 6.61 Å². The fourth-order valence-corrected chi connectivity index (χ4v) is 2.15. The lowest BCUT2D eigenvalue weighted by Gasteiger charge is -2.10. The van der Waals surface area contributed by atoms with E-state index >= 15 is 0 Å². The van der Waals surface area contributed by atoms with Crippen molar-refractivity contribution in [2.45, 2.75) is 20.3 Å². The van der Waals surface area contributed by atoms with Crippen LogP contribution in [0.15, 0.2) is 42.5 Å². The maximum Gasteiger partial charge on any atom is 0.321 e. The van der Waals surface area contributed by atoms with E-state index in [1.807, 2.05) is 36.4 Å². The molecule has 2 rings (SSSR count). The summed E-state index contributed by atoms with van der Waals surface area (Å²) in [6.07, 6.45) is 0.869. The van der Waals surface area contributed by atoms with E-state index in [0.717, 1.165) is 17.2 Å². The lowest BCUT2D eigenvalue weighted by Crippen LogP contribution is -2.42. The average molecular weight is 314 g/mol. The minimum absolute atomic E-state index is 0.203. The van der Waals surface area contributed by atoms with Gasteiger partial charge in [0.2, 0.25) is 0 Å². The van der Waals surface area contributed by atoms with Crippen LogP contribution in [0.5, 0.6) is 5.75 Å². The van der Waals surface area contributed by atoms with Crippen LogP contribution in [0.1, 0.15) is 20.3 Å². The molecule has 122 valence electrons. The number of ether oxygens (including phenoxy) is 1. The van der Waals surface area contributed by atoms with Gasteiger partial charge in [0.25, 0.3) is 5.91 Å². The lowest BCUT2D eigenvalue weighted by atomic mass is 10.1. The van der Waals surface area contributed by atoms with Gasteiger partial charge in [-0.05, 0) is 23.8 Å². The quantitative estimate of drug-likeness (QED) is 0.861. The molecular formula is C18H22N2O3. The molecule has 2 aromatic carbocycles. The van der Waals surface area contributed by atoms with Crippen molar-refractivity contribution in [2.24, 2.45) is 5.92 Å². The zero-order valence-electron chi connectivity index (χ0n) is 13.5. The van der Waals surface area contributed by atoms with Gasteiger partial charge in [0, 0.05) is 11.9 Å². The third kappa shape index (κ3) is 5.29. The second-order valence-electron chi connectivity index (χ2n) is 5.75. The van der Waals surface area contributed by atoms with Crippen LogP contribution in [-0.4, -0.2) is 25.1 Å². The van der Waals surface area contributed by atoms with E-state index in [9.17, 15) is 9.59 Å². The van der Waals surface area contributed by atoms with Crippen LogP contribution < -0.4 is 15.4 Å². The Kier molecular flexibility index (Phi) is 5.97. The van der Waals surface area contributed by atoms with E-state index in [1.165, 1.54) is 0 Å². The minimum atomic E-state index is -0.489. The van der Waals surface area contributed by atoms with Crippen molar-refractivity contribution in [3.05, 3.63) is 42.5 Å². The Bertz CT molecular complexity index is 678. The number of benzene rings is 2. The highest BCUT2D eigenvalue weighted by atomic mass is 16.5. The topological polar surface area (TPSA) is 67.4 Å². The van der Waals surface area contributed by atoms with Gasteiger partial charge < -0.3 is 10.1 Å². The second kappa shape index (κ2) is 8.17. The van der Waals surface area contributed by atoms with E-state index in [4.69, 9.17) is 4.74 Å². The average Bonchev–Trinajstić information content (AvgIpc) is 2.52. The van der Waals surface area contributed by atoms with Crippen LogP contribution in [0.4, 0.5) is 4.79 Å². The first kappa shape index (κ1) is 16.8. The largest absolute Gasteiger partial charge is 0.483 e. The van der Waals surface area contributed by atoms with Gasteiger partial charge in [0.1, 0.15) is 5.75 Å². The van der Waals surface area contributed by atoms with Crippen molar-refractivity contribution < 1.29 is 14.3 Å². The van der Waals surface area contributed by atoms with Gasteiger partial charge >= 0.3 is 6.03 Å². The van der Waals surface area contributed by atoms with Gasteiger partial charge in [-0.15, -0.1) is 0 Å². The number of urea groups is 1. The van der Waals surface area contributed by atoms with Crippen LogP contribution in [0.3, 0.4) is 0 Å². The number of nitrogens with one attached hydrogen (secondary N) is 2.